The zero-order valence-corrected chi connectivity index (χ0v) is 13.2. The topological polar surface area (TPSA) is 79.7 Å². The van der Waals surface area contributed by atoms with Crippen molar-refractivity contribution in [2.45, 2.75) is 25.4 Å². The van der Waals surface area contributed by atoms with Crippen LogP contribution in [0.2, 0.25) is 0 Å². The first kappa shape index (κ1) is 14.6. The molecule has 1 aliphatic heterocycles. The summed E-state index contributed by atoms with van der Waals surface area (Å²) in [5.74, 6) is 0.0187. The molecule has 0 bridgehead atoms. The second kappa shape index (κ2) is 6.27. The van der Waals surface area contributed by atoms with Gasteiger partial charge in [-0.15, -0.1) is 0 Å². The highest BCUT2D eigenvalue weighted by Gasteiger charge is 2.31. The summed E-state index contributed by atoms with van der Waals surface area (Å²) in [5, 5.41) is 11.3. The second-order valence-corrected chi connectivity index (χ2v) is 5.92. The maximum absolute atomic E-state index is 13.1. The van der Waals surface area contributed by atoms with E-state index in [1.807, 2.05) is 34.0 Å². The van der Waals surface area contributed by atoms with E-state index in [9.17, 15) is 4.79 Å². The van der Waals surface area contributed by atoms with Gasteiger partial charge in [-0.25, -0.2) is 0 Å². The van der Waals surface area contributed by atoms with Gasteiger partial charge >= 0.3 is 0 Å². The van der Waals surface area contributed by atoms with Crippen LogP contribution in [0.1, 0.15) is 23.2 Å². The molecule has 0 aromatic carbocycles. The van der Waals surface area contributed by atoms with Gasteiger partial charge in [0.1, 0.15) is 0 Å². The Bertz CT molecular complexity index is 811. The van der Waals surface area contributed by atoms with Crippen molar-refractivity contribution in [3.8, 4) is 11.3 Å². The molecule has 7 heteroatoms. The molecule has 1 atom stereocenters. The molecule has 1 fully saturated rings. The van der Waals surface area contributed by atoms with Crippen LogP contribution in [0.15, 0.2) is 49.2 Å². The van der Waals surface area contributed by atoms with Gasteiger partial charge in [-0.2, -0.15) is 10.2 Å². The van der Waals surface area contributed by atoms with Gasteiger partial charge in [-0.1, -0.05) is 0 Å². The highest BCUT2D eigenvalue weighted by molar-refractivity contribution is 6.00. The number of pyridine rings is 1. The van der Waals surface area contributed by atoms with Crippen LogP contribution in [-0.2, 0) is 6.54 Å². The number of aromatic nitrogens is 5. The van der Waals surface area contributed by atoms with E-state index in [1.165, 1.54) is 0 Å². The number of nitrogens with zero attached hydrogens (tertiary/aromatic N) is 5. The Balaban J connectivity index is 1.59. The number of hydrogen-bond donors (Lipinski definition) is 1. The van der Waals surface area contributed by atoms with Crippen molar-refractivity contribution in [1.82, 2.24) is 29.9 Å². The number of hydrogen-bond acceptors (Lipinski definition) is 4. The summed E-state index contributed by atoms with van der Waals surface area (Å²) in [6.07, 6.45) is 10.7. The van der Waals surface area contributed by atoms with E-state index in [0.717, 1.165) is 37.2 Å². The molecule has 0 aliphatic carbocycles. The van der Waals surface area contributed by atoms with Crippen molar-refractivity contribution in [3.63, 3.8) is 0 Å². The van der Waals surface area contributed by atoms with E-state index in [-0.39, 0.29) is 11.9 Å². The number of likely N-dealkylation sites (tertiary alicyclic amines) is 1. The molecule has 1 aliphatic rings. The lowest BCUT2D eigenvalue weighted by Gasteiger charge is -2.24. The van der Waals surface area contributed by atoms with Crippen molar-refractivity contribution >= 4 is 5.91 Å². The number of nitrogens with one attached hydrogen (secondary N) is 1. The maximum Gasteiger partial charge on any atom is 0.258 e. The normalized spacial score (nSPS) is 17.3. The summed E-state index contributed by atoms with van der Waals surface area (Å²) in [5.41, 5.74) is 2.26. The fourth-order valence-electron chi connectivity index (χ4n) is 3.26. The first-order chi connectivity index (χ1) is 11.8. The van der Waals surface area contributed by atoms with E-state index >= 15 is 0 Å². The molecule has 1 N–H and O–H groups in total. The minimum absolute atomic E-state index is 0.0187. The molecule has 4 rings (SSSR count). The minimum Gasteiger partial charge on any atom is -0.334 e. The summed E-state index contributed by atoms with van der Waals surface area (Å²) < 4.78 is 1.88. The Kier molecular flexibility index (Phi) is 3.82. The Hall–Kier alpha value is -2.96. The molecular formula is C17H18N6O. The van der Waals surface area contributed by atoms with E-state index in [4.69, 9.17) is 0 Å². The zero-order chi connectivity index (χ0) is 16.4. The average molecular weight is 322 g/mol. The third-order valence-corrected chi connectivity index (χ3v) is 4.43. The van der Waals surface area contributed by atoms with Gasteiger partial charge in [-0.05, 0) is 31.0 Å². The quantitative estimate of drug-likeness (QED) is 0.796. The van der Waals surface area contributed by atoms with Crippen LogP contribution in [0.4, 0.5) is 0 Å². The van der Waals surface area contributed by atoms with E-state index < -0.39 is 0 Å². The average Bonchev–Trinajstić information content (AvgIpc) is 3.37. The van der Waals surface area contributed by atoms with E-state index in [2.05, 4.69) is 20.3 Å². The Morgan fingerprint density at radius 2 is 2.17 bits per heavy atom. The lowest BCUT2D eigenvalue weighted by atomic mass is 10.1. The highest BCUT2D eigenvalue weighted by atomic mass is 16.2. The largest absolute Gasteiger partial charge is 0.334 e. The number of aromatic amines is 1. The molecule has 0 spiro atoms. The molecule has 4 heterocycles. The van der Waals surface area contributed by atoms with Crippen LogP contribution in [-0.4, -0.2) is 48.4 Å². The number of carbonyl (C=O) groups excluding carboxylic acids is 1. The van der Waals surface area contributed by atoms with E-state index in [0.29, 0.717) is 5.56 Å². The SMILES string of the molecule is O=C(c1cn[nH]c1-c1ccncc1)N1CCCC1Cn1cccn1. The first-order valence-electron chi connectivity index (χ1n) is 8.05. The number of amides is 1. The second-order valence-electron chi connectivity index (χ2n) is 5.92. The van der Waals surface area contributed by atoms with Crippen molar-refractivity contribution < 1.29 is 4.79 Å². The molecular weight excluding hydrogens is 304 g/mol. The molecule has 122 valence electrons. The minimum atomic E-state index is 0.0187. The molecule has 24 heavy (non-hydrogen) atoms. The third kappa shape index (κ3) is 2.68. The lowest BCUT2D eigenvalue weighted by Crippen LogP contribution is -2.38. The zero-order valence-electron chi connectivity index (χ0n) is 13.2. The molecule has 3 aromatic rings. The standard InChI is InChI=1S/C17H18N6O/c24-17(15-11-19-21-16(15)13-4-7-18-8-5-13)23-10-1-3-14(23)12-22-9-2-6-20-22/h2,4-9,11,14H,1,3,10,12H2,(H,19,21). The Morgan fingerprint density at radius 1 is 1.29 bits per heavy atom. The summed E-state index contributed by atoms with van der Waals surface area (Å²) in [4.78, 5) is 19.0. The molecule has 0 radical (unpaired) electrons. The van der Waals surface area contributed by atoms with Gasteiger partial charge in [0.15, 0.2) is 0 Å². The van der Waals surface area contributed by atoms with Gasteiger partial charge < -0.3 is 4.90 Å². The Morgan fingerprint density at radius 3 is 2.96 bits per heavy atom. The first-order valence-corrected chi connectivity index (χ1v) is 8.05. The summed E-state index contributed by atoms with van der Waals surface area (Å²) >= 11 is 0. The van der Waals surface area contributed by atoms with Gasteiger partial charge in [0.25, 0.3) is 5.91 Å². The molecule has 1 saturated heterocycles. The monoisotopic (exact) mass is 322 g/mol. The van der Waals surface area contributed by atoms with Crippen molar-refractivity contribution in [3.05, 3.63) is 54.7 Å². The third-order valence-electron chi connectivity index (χ3n) is 4.43. The van der Waals surface area contributed by atoms with Crippen LogP contribution in [0.25, 0.3) is 11.3 Å². The van der Waals surface area contributed by atoms with Gasteiger partial charge in [0, 0.05) is 36.9 Å². The van der Waals surface area contributed by atoms with Crippen LogP contribution >= 0.6 is 0 Å². The summed E-state index contributed by atoms with van der Waals surface area (Å²) in [6, 6.07) is 5.81. The smallest absolute Gasteiger partial charge is 0.258 e. The number of rotatable bonds is 4. The van der Waals surface area contributed by atoms with Crippen LogP contribution in [0, 0.1) is 0 Å². The number of carbonyl (C=O) groups is 1. The fraction of sp³-hybridized carbons (Fsp3) is 0.294. The van der Waals surface area contributed by atoms with Gasteiger partial charge in [0.2, 0.25) is 0 Å². The fourth-order valence-corrected chi connectivity index (χ4v) is 3.26. The highest BCUT2D eigenvalue weighted by Crippen LogP contribution is 2.26. The predicted octanol–water partition coefficient (Wildman–Crippen LogP) is 1.97. The molecule has 3 aromatic heterocycles. The number of H-pyrrole nitrogens is 1. The Labute approximate surface area is 139 Å². The van der Waals surface area contributed by atoms with Crippen LogP contribution in [0.5, 0.6) is 0 Å². The summed E-state index contributed by atoms with van der Waals surface area (Å²) in [7, 11) is 0. The molecule has 0 saturated carbocycles. The van der Waals surface area contributed by atoms with Gasteiger partial charge in [-0.3, -0.25) is 19.6 Å². The van der Waals surface area contributed by atoms with Crippen molar-refractivity contribution in [2.24, 2.45) is 0 Å². The lowest BCUT2D eigenvalue weighted by molar-refractivity contribution is 0.0722. The van der Waals surface area contributed by atoms with Crippen molar-refractivity contribution in [2.75, 3.05) is 6.54 Å². The molecule has 1 amide bonds. The van der Waals surface area contributed by atoms with Crippen LogP contribution < -0.4 is 0 Å². The van der Waals surface area contributed by atoms with Crippen molar-refractivity contribution in [1.29, 1.82) is 0 Å². The maximum atomic E-state index is 13.1. The molecule has 1 unspecified atom stereocenters. The predicted molar refractivity (Wildman–Crippen MR) is 88.1 cm³/mol. The van der Waals surface area contributed by atoms with Gasteiger partial charge in [0.05, 0.1) is 30.0 Å². The van der Waals surface area contributed by atoms with Crippen LogP contribution in [0.3, 0.4) is 0 Å². The van der Waals surface area contributed by atoms with E-state index in [1.54, 1.807) is 24.8 Å². The molecule has 7 nitrogen and oxygen atoms in total. The summed E-state index contributed by atoms with van der Waals surface area (Å²) in [6.45, 7) is 1.49.